The van der Waals surface area contributed by atoms with Gasteiger partial charge in [0.25, 0.3) is 0 Å². The van der Waals surface area contributed by atoms with E-state index in [0.717, 1.165) is 44.3 Å². The Morgan fingerprint density at radius 1 is 1.03 bits per heavy atom. The number of benzene rings is 1. The van der Waals surface area contributed by atoms with Crippen LogP contribution in [0.15, 0.2) is 42.6 Å². The minimum Gasteiger partial charge on any atom is -0.494 e. The number of amides is 3. The first kappa shape index (κ1) is 25.0. The molecule has 1 aromatic heterocycles. The van der Waals surface area contributed by atoms with Crippen molar-refractivity contribution in [1.82, 2.24) is 14.8 Å². The van der Waals surface area contributed by atoms with Crippen LogP contribution in [0.2, 0.25) is 0 Å². The van der Waals surface area contributed by atoms with Crippen molar-refractivity contribution < 1.29 is 14.3 Å². The fourth-order valence-electron chi connectivity index (χ4n) is 4.84. The Morgan fingerprint density at radius 2 is 1.83 bits per heavy atom. The third-order valence-electron chi connectivity index (χ3n) is 6.80. The Bertz CT molecular complexity index is 967. The maximum Gasteiger partial charge on any atom is 0.321 e. The molecule has 35 heavy (non-hydrogen) atoms. The second kappa shape index (κ2) is 12.5. The van der Waals surface area contributed by atoms with Gasteiger partial charge in [-0.05, 0) is 42.2 Å². The summed E-state index contributed by atoms with van der Waals surface area (Å²) in [4.78, 5) is 32.1. The molecule has 0 unspecified atom stereocenters. The first-order valence-corrected chi connectivity index (χ1v) is 12.8. The number of anilines is 2. The molecule has 1 aliphatic carbocycles. The van der Waals surface area contributed by atoms with E-state index >= 15 is 0 Å². The quantitative estimate of drug-likeness (QED) is 0.571. The van der Waals surface area contributed by atoms with Crippen LogP contribution in [-0.4, -0.2) is 59.5 Å². The van der Waals surface area contributed by atoms with Crippen molar-refractivity contribution in [2.24, 2.45) is 5.92 Å². The number of pyridine rings is 1. The monoisotopic (exact) mass is 479 g/mol. The molecule has 0 spiro atoms. The van der Waals surface area contributed by atoms with Crippen LogP contribution >= 0.6 is 0 Å². The molecular formula is C27H37N5O3. The molecule has 2 N–H and O–H groups in total. The largest absolute Gasteiger partial charge is 0.494 e. The van der Waals surface area contributed by atoms with E-state index in [2.05, 4.69) is 38.7 Å². The van der Waals surface area contributed by atoms with E-state index in [1.165, 1.54) is 44.6 Å². The van der Waals surface area contributed by atoms with E-state index in [9.17, 15) is 9.59 Å². The first-order valence-electron chi connectivity index (χ1n) is 12.8. The lowest BCUT2D eigenvalue weighted by Gasteiger charge is -2.34. The average molecular weight is 480 g/mol. The molecule has 0 bridgehead atoms. The minimum atomic E-state index is -0.180. The molecule has 2 aromatic rings. The number of urea groups is 1. The molecule has 4 rings (SSSR count). The van der Waals surface area contributed by atoms with Crippen molar-refractivity contribution in [2.45, 2.75) is 52.0 Å². The molecule has 8 heteroatoms. The van der Waals surface area contributed by atoms with Gasteiger partial charge >= 0.3 is 6.03 Å². The van der Waals surface area contributed by atoms with E-state index in [0.29, 0.717) is 24.6 Å². The fraction of sp³-hybridized carbons (Fsp3) is 0.519. The summed E-state index contributed by atoms with van der Waals surface area (Å²) in [5.74, 6) is 2.07. The number of ether oxygens (including phenoxy) is 1. The van der Waals surface area contributed by atoms with Crippen molar-refractivity contribution in [3.63, 3.8) is 0 Å². The lowest BCUT2D eigenvalue weighted by Crippen LogP contribution is -2.49. The summed E-state index contributed by atoms with van der Waals surface area (Å²) >= 11 is 0. The number of rotatable bonds is 8. The highest BCUT2D eigenvalue weighted by molar-refractivity contribution is 5.90. The van der Waals surface area contributed by atoms with Gasteiger partial charge in [-0.25, -0.2) is 9.78 Å². The smallest absolute Gasteiger partial charge is 0.321 e. The van der Waals surface area contributed by atoms with Gasteiger partial charge in [-0.1, -0.05) is 44.2 Å². The molecule has 8 nitrogen and oxygen atoms in total. The predicted molar refractivity (Wildman–Crippen MR) is 138 cm³/mol. The van der Waals surface area contributed by atoms with Crippen LogP contribution in [0.3, 0.4) is 0 Å². The zero-order valence-electron chi connectivity index (χ0n) is 20.7. The van der Waals surface area contributed by atoms with Crippen molar-refractivity contribution in [3.8, 4) is 5.75 Å². The van der Waals surface area contributed by atoms with Gasteiger partial charge in [-0.2, -0.15) is 0 Å². The van der Waals surface area contributed by atoms with E-state index < -0.39 is 0 Å². The maximum atomic E-state index is 12.6. The first-order chi connectivity index (χ1) is 17.0. The molecule has 1 aliphatic heterocycles. The van der Waals surface area contributed by atoms with Crippen molar-refractivity contribution in [1.29, 1.82) is 0 Å². The third-order valence-corrected chi connectivity index (χ3v) is 6.80. The number of piperazine rings is 1. The van der Waals surface area contributed by atoms with Gasteiger partial charge < -0.3 is 20.3 Å². The Labute approximate surface area is 208 Å². The summed E-state index contributed by atoms with van der Waals surface area (Å²) < 4.78 is 6.06. The molecule has 0 radical (unpaired) electrons. The van der Waals surface area contributed by atoms with Gasteiger partial charge in [0.05, 0.1) is 18.5 Å². The highest BCUT2D eigenvalue weighted by Crippen LogP contribution is 2.26. The Morgan fingerprint density at radius 3 is 2.54 bits per heavy atom. The van der Waals surface area contributed by atoms with Gasteiger partial charge in [0, 0.05) is 39.6 Å². The number of carbonyl (C=O) groups is 2. The topological polar surface area (TPSA) is 86.8 Å². The molecule has 2 fully saturated rings. The Balaban J connectivity index is 1.18. The predicted octanol–water partition coefficient (Wildman–Crippen LogP) is 4.74. The molecule has 2 aliphatic rings. The number of hydrogen-bond acceptors (Lipinski definition) is 5. The zero-order valence-corrected chi connectivity index (χ0v) is 20.7. The Kier molecular flexibility index (Phi) is 8.95. The minimum absolute atomic E-state index is 0.132. The molecule has 188 valence electrons. The summed E-state index contributed by atoms with van der Waals surface area (Å²) in [6.07, 6.45) is 9.56. The standard InChI is InChI=1S/C27H37N5O3/c1-21(33)29-26-11-10-24(19-28-26)30-27(34)32-15-13-31(14-16-32)20-23-8-5-9-25(18-23)35-17-12-22-6-3-2-4-7-22/h5,8-11,18-19,22H,2-4,6-7,12-17,20H2,1H3,(H,30,34)(H,28,29,33). The average Bonchev–Trinajstić information content (AvgIpc) is 2.86. The van der Waals surface area contributed by atoms with Crippen LogP contribution in [0.25, 0.3) is 0 Å². The summed E-state index contributed by atoms with van der Waals surface area (Å²) in [6.45, 7) is 6.05. The van der Waals surface area contributed by atoms with Crippen molar-refractivity contribution >= 4 is 23.4 Å². The van der Waals surface area contributed by atoms with Crippen molar-refractivity contribution in [2.75, 3.05) is 43.4 Å². The summed E-state index contributed by atoms with van der Waals surface area (Å²) in [7, 11) is 0. The van der Waals surface area contributed by atoms with E-state index in [1.807, 2.05) is 11.0 Å². The van der Waals surface area contributed by atoms with Crippen LogP contribution < -0.4 is 15.4 Å². The van der Waals surface area contributed by atoms with Crippen LogP contribution in [-0.2, 0) is 11.3 Å². The van der Waals surface area contributed by atoms with Crippen LogP contribution in [0.4, 0.5) is 16.3 Å². The zero-order chi connectivity index (χ0) is 24.5. The van der Waals surface area contributed by atoms with Crippen LogP contribution in [0.1, 0.15) is 51.0 Å². The number of hydrogen-bond donors (Lipinski definition) is 2. The maximum absolute atomic E-state index is 12.6. The second-order valence-corrected chi connectivity index (χ2v) is 9.60. The highest BCUT2D eigenvalue weighted by atomic mass is 16.5. The number of carbonyl (C=O) groups excluding carboxylic acids is 2. The van der Waals surface area contributed by atoms with Crippen molar-refractivity contribution in [3.05, 3.63) is 48.2 Å². The molecule has 1 saturated heterocycles. The van der Waals surface area contributed by atoms with Gasteiger partial charge in [0.2, 0.25) is 5.91 Å². The lowest BCUT2D eigenvalue weighted by atomic mass is 9.87. The van der Waals surface area contributed by atoms with E-state index in [4.69, 9.17) is 4.74 Å². The van der Waals surface area contributed by atoms with Gasteiger partial charge in [-0.3, -0.25) is 9.69 Å². The summed E-state index contributed by atoms with van der Waals surface area (Å²) in [6, 6.07) is 11.7. The molecule has 2 heterocycles. The molecule has 1 aromatic carbocycles. The van der Waals surface area contributed by atoms with Gasteiger partial charge in [-0.15, -0.1) is 0 Å². The highest BCUT2D eigenvalue weighted by Gasteiger charge is 2.21. The van der Waals surface area contributed by atoms with E-state index in [1.54, 1.807) is 18.3 Å². The molecular weight excluding hydrogens is 442 g/mol. The number of aromatic nitrogens is 1. The SMILES string of the molecule is CC(=O)Nc1ccc(NC(=O)N2CCN(Cc3cccc(OCCC4CCCCC4)c3)CC2)cn1. The van der Waals surface area contributed by atoms with Gasteiger partial charge in [0.1, 0.15) is 11.6 Å². The van der Waals surface area contributed by atoms with Crippen LogP contribution in [0.5, 0.6) is 5.75 Å². The van der Waals surface area contributed by atoms with Gasteiger partial charge in [0.15, 0.2) is 0 Å². The fourth-order valence-corrected chi connectivity index (χ4v) is 4.84. The summed E-state index contributed by atoms with van der Waals surface area (Å²) in [5.41, 5.74) is 1.84. The number of nitrogens with one attached hydrogen (secondary N) is 2. The second-order valence-electron chi connectivity index (χ2n) is 9.60. The Hall–Kier alpha value is -3.13. The number of nitrogens with zero attached hydrogens (tertiary/aromatic N) is 3. The molecule has 3 amide bonds. The lowest BCUT2D eigenvalue weighted by molar-refractivity contribution is -0.114. The third kappa shape index (κ3) is 7.96. The molecule has 0 atom stereocenters. The normalized spacial score (nSPS) is 17.1. The molecule has 1 saturated carbocycles. The van der Waals surface area contributed by atoms with Crippen LogP contribution in [0, 0.1) is 5.92 Å². The summed E-state index contributed by atoms with van der Waals surface area (Å²) in [5, 5.41) is 5.50. The van der Waals surface area contributed by atoms with E-state index in [-0.39, 0.29) is 11.9 Å².